The van der Waals surface area contributed by atoms with Crippen LogP contribution in [0.2, 0.25) is 0 Å². The third-order valence-electron chi connectivity index (χ3n) is 3.19. The van der Waals surface area contributed by atoms with Gasteiger partial charge in [0.05, 0.1) is 13.2 Å². The lowest BCUT2D eigenvalue weighted by Crippen LogP contribution is -2.12. The van der Waals surface area contributed by atoms with Gasteiger partial charge in [0.2, 0.25) is 0 Å². The van der Waals surface area contributed by atoms with Crippen molar-refractivity contribution in [1.29, 1.82) is 0 Å². The van der Waals surface area contributed by atoms with E-state index in [1.807, 2.05) is 13.0 Å². The summed E-state index contributed by atoms with van der Waals surface area (Å²) < 4.78 is 11.6. The zero-order valence-corrected chi connectivity index (χ0v) is 13.4. The van der Waals surface area contributed by atoms with Gasteiger partial charge in [-0.05, 0) is 43.5 Å². The fraction of sp³-hybridized carbons (Fsp3) is 0.647. The topological polar surface area (TPSA) is 30.5 Å². The molecule has 0 fully saturated rings. The molecule has 0 aliphatic heterocycles. The largest absolute Gasteiger partial charge is 0.490 e. The summed E-state index contributed by atoms with van der Waals surface area (Å²) in [5.41, 5.74) is 1.23. The number of nitrogens with one attached hydrogen (secondary N) is 1. The van der Waals surface area contributed by atoms with Crippen molar-refractivity contribution in [2.45, 2.75) is 47.1 Å². The molecule has 0 saturated heterocycles. The minimum atomic E-state index is 0.580. The molecule has 1 atom stereocenters. The van der Waals surface area contributed by atoms with E-state index in [0.29, 0.717) is 12.5 Å². The molecule has 0 saturated carbocycles. The Morgan fingerprint density at radius 2 is 1.90 bits per heavy atom. The summed E-state index contributed by atoms with van der Waals surface area (Å²) in [5.74, 6) is 2.29. The maximum Gasteiger partial charge on any atom is 0.161 e. The van der Waals surface area contributed by atoms with Crippen molar-refractivity contribution in [3.63, 3.8) is 0 Å². The summed E-state index contributed by atoms with van der Waals surface area (Å²) >= 11 is 0. The van der Waals surface area contributed by atoms with Crippen LogP contribution in [-0.4, -0.2) is 19.8 Å². The van der Waals surface area contributed by atoms with Gasteiger partial charge in [0.1, 0.15) is 0 Å². The van der Waals surface area contributed by atoms with Gasteiger partial charge in [0.25, 0.3) is 0 Å². The Morgan fingerprint density at radius 1 is 1.10 bits per heavy atom. The van der Waals surface area contributed by atoms with Gasteiger partial charge in [-0.1, -0.05) is 33.3 Å². The quantitative estimate of drug-likeness (QED) is 0.702. The molecular weight excluding hydrogens is 250 g/mol. The van der Waals surface area contributed by atoms with Gasteiger partial charge >= 0.3 is 0 Å². The molecule has 0 heterocycles. The van der Waals surface area contributed by atoms with Crippen molar-refractivity contribution < 1.29 is 9.47 Å². The summed E-state index contributed by atoms with van der Waals surface area (Å²) in [6.07, 6.45) is 2.40. The monoisotopic (exact) mass is 279 g/mol. The van der Waals surface area contributed by atoms with Crippen molar-refractivity contribution in [3.8, 4) is 11.5 Å². The predicted molar refractivity (Wildman–Crippen MR) is 84.6 cm³/mol. The van der Waals surface area contributed by atoms with Gasteiger partial charge in [-0.3, -0.25) is 0 Å². The first-order valence-electron chi connectivity index (χ1n) is 7.80. The Kier molecular flexibility index (Phi) is 8.12. The number of hydrogen-bond acceptors (Lipinski definition) is 3. The molecule has 114 valence electrons. The fourth-order valence-electron chi connectivity index (χ4n) is 2.13. The van der Waals surface area contributed by atoms with E-state index in [4.69, 9.17) is 9.47 Å². The van der Waals surface area contributed by atoms with Crippen molar-refractivity contribution >= 4 is 0 Å². The normalized spacial score (nSPS) is 12.2. The first kappa shape index (κ1) is 16.8. The number of ether oxygens (including phenoxy) is 2. The molecule has 0 spiro atoms. The summed E-state index contributed by atoms with van der Waals surface area (Å²) in [4.78, 5) is 0. The highest BCUT2D eigenvalue weighted by molar-refractivity contribution is 5.43. The van der Waals surface area contributed by atoms with E-state index in [2.05, 4.69) is 38.2 Å². The van der Waals surface area contributed by atoms with Crippen LogP contribution in [0.1, 0.15) is 46.1 Å². The van der Waals surface area contributed by atoms with Crippen molar-refractivity contribution in [3.05, 3.63) is 23.8 Å². The first-order chi connectivity index (χ1) is 9.71. The van der Waals surface area contributed by atoms with E-state index in [0.717, 1.165) is 31.2 Å². The molecule has 1 aromatic carbocycles. The minimum Gasteiger partial charge on any atom is -0.490 e. The van der Waals surface area contributed by atoms with Gasteiger partial charge in [0, 0.05) is 6.54 Å². The molecule has 0 aliphatic carbocycles. The van der Waals surface area contributed by atoms with Gasteiger partial charge in [0.15, 0.2) is 11.5 Å². The van der Waals surface area contributed by atoms with Crippen molar-refractivity contribution in [2.75, 3.05) is 19.8 Å². The lowest BCUT2D eigenvalue weighted by molar-refractivity contribution is 0.234. The molecule has 1 unspecified atom stereocenters. The molecule has 1 rings (SSSR count). The molecule has 3 heteroatoms. The van der Waals surface area contributed by atoms with Crippen LogP contribution in [0.5, 0.6) is 11.5 Å². The zero-order valence-electron chi connectivity index (χ0n) is 13.4. The molecule has 0 aliphatic rings. The maximum absolute atomic E-state index is 5.92. The van der Waals surface area contributed by atoms with Gasteiger partial charge in [-0.25, -0.2) is 0 Å². The third-order valence-corrected chi connectivity index (χ3v) is 3.19. The standard InChI is InChI=1S/C17H29NO2/c1-5-8-14(4)13-20-16-10-9-15(12-18-6-2)11-17(16)19-7-3/h9-11,14,18H,5-8,12-13H2,1-4H3. The average molecular weight is 279 g/mol. The van der Waals surface area contributed by atoms with Crippen LogP contribution in [-0.2, 0) is 6.54 Å². The molecule has 3 nitrogen and oxygen atoms in total. The Hall–Kier alpha value is -1.22. The van der Waals surface area contributed by atoms with Crippen molar-refractivity contribution in [2.24, 2.45) is 5.92 Å². The summed E-state index contributed by atoms with van der Waals surface area (Å²) in [6, 6.07) is 6.20. The molecule has 0 bridgehead atoms. The van der Waals surface area contributed by atoms with Gasteiger partial charge in [-0.2, -0.15) is 0 Å². The lowest BCUT2D eigenvalue weighted by atomic mass is 10.1. The van der Waals surface area contributed by atoms with Crippen LogP contribution in [0.25, 0.3) is 0 Å². The molecule has 1 aromatic rings. The second-order valence-corrected chi connectivity index (χ2v) is 5.20. The number of rotatable bonds is 10. The van der Waals surface area contributed by atoms with Gasteiger partial charge in [-0.15, -0.1) is 0 Å². The van der Waals surface area contributed by atoms with E-state index < -0.39 is 0 Å². The van der Waals surface area contributed by atoms with Crippen LogP contribution in [0.4, 0.5) is 0 Å². The molecule has 20 heavy (non-hydrogen) atoms. The maximum atomic E-state index is 5.92. The number of hydrogen-bond donors (Lipinski definition) is 1. The molecule has 1 N–H and O–H groups in total. The molecular formula is C17H29NO2. The smallest absolute Gasteiger partial charge is 0.161 e. The molecule has 0 amide bonds. The van der Waals surface area contributed by atoms with E-state index in [-0.39, 0.29) is 0 Å². The Labute approximate surface area is 123 Å². The third kappa shape index (κ3) is 5.83. The number of benzene rings is 1. The second-order valence-electron chi connectivity index (χ2n) is 5.20. The highest BCUT2D eigenvalue weighted by atomic mass is 16.5. The fourth-order valence-corrected chi connectivity index (χ4v) is 2.13. The van der Waals surface area contributed by atoms with Crippen molar-refractivity contribution in [1.82, 2.24) is 5.32 Å². The van der Waals surface area contributed by atoms with Crippen LogP contribution in [0.15, 0.2) is 18.2 Å². The lowest BCUT2D eigenvalue weighted by Gasteiger charge is -2.16. The molecule has 0 aromatic heterocycles. The minimum absolute atomic E-state index is 0.580. The Bertz CT molecular complexity index is 379. The van der Waals surface area contributed by atoms with Crippen LogP contribution in [0, 0.1) is 5.92 Å². The first-order valence-corrected chi connectivity index (χ1v) is 7.80. The summed E-state index contributed by atoms with van der Waals surface area (Å²) in [6.45, 7) is 11.8. The second kappa shape index (κ2) is 9.65. The SMILES string of the molecule is CCCC(C)COc1ccc(CNCC)cc1OCC. The highest BCUT2D eigenvalue weighted by Gasteiger charge is 2.08. The Morgan fingerprint density at radius 3 is 2.55 bits per heavy atom. The predicted octanol–water partition coefficient (Wildman–Crippen LogP) is 4.01. The van der Waals surface area contributed by atoms with Crippen LogP contribution < -0.4 is 14.8 Å². The van der Waals surface area contributed by atoms with E-state index in [1.54, 1.807) is 0 Å². The highest BCUT2D eigenvalue weighted by Crippen LogP contribution is 2.29. The van der Waals surface area contributed by atoms with E-state index in [9.17, 15) is 0 Å². The average Bonchev–Trinajstić information content (AvgIpc) is 2.44. The summed E-state index contributed by atoms with van der Waals surface area (Å²) in [5, 5.41) is 3.32. The summed E-state index contributed by atoms with van der Waals surface area (Å²) in [7, 11) is 0. The van der Waals surface area contributed by atoms with Crippen LogP contribution in [0.3, 0.4) is 0 Å². The van der Waals surface area contributed by atoms with Gasteiger partial charge < -0.3 is 14.8 Å². The Balaban J connectivity index is 2.68. The zero-order chi connectivity index (χ0) is 14.8. The van der Waals surface area contributed by atoms with E-state index >= 15 is 0 Å². The molecule has 0 radical (unpaired) electrons. The van der Waals surface area contributed by atoms with E-state index in [1.165, 1.54) is 18.4 Å². The van der Waals surface area contributed by atoms with Crippen LogP contribution >= 0.6 is 0 Å².